The fourth-order valence-corrected chi connectivity index (χ4v) is 2.62. The molecule has 1 atom stereocenters. The molecule has 0 bridgehead atoms. The maximum absolute atomic E-state index is 11.5. The van der Waals surface area contributed by atoms with Gasteiger partial charge in [0.2, 0.25) is 0 Å². The van der Waals surface area contributed by atoms with Crippen LogP contribution in [0.15, 0.2) is 16.7 Å². The zero-order chi connectivity index (χ0) is 14.4. The van der Waals surface area contributed by atoms with E-state index in [0.717, 1.165) is 11.3 Å². The topological polar surface area (TPSA) is 68.3 Å². The number of carboxylic acids is 1. The lowest BCUT2D eigenvalue weighted by Gasteiger charge is -2.09. The van der Waals surface area contributed by atoms with Gasteiger partial charge in [0.25, 0.3) is 0 Å². The van der Waals surface area contributed by atoms with Crippen molar-refractivity contribution in [2.24, 2.45) is 5.92 Å². The zero-order valence-corrected chi connectivity index (χ0v) is 11.9. The van der Waals surface area contributed by atoms with Gasteiger partial charge in [-0.3, -0.25) is 4.68 Å². The molecule has 1 N–H and O–H groups in total. The van der Waals surface area contributed by atoms with Crippen molar-refractivity contribution in [3.63, 3.8) is 0 Å². The van der Waals surface area contributed by atoms with Crippen LogP contribution in [-0.4, -0.2) is 20.9 Å². The van der Waals surface area contributed by atoms with Crippen molar-refractivity contribution in [2.75, 3.05) is 0 Å². The highest BCUT2D eigenvalue weighted by Crippen LogP contribution is 2.40. The maximum Gasteiger partial charge on any atom is 0.339 e. The van der Waals surface area contributed by atoms with Crippen LogP contribution in [0.1, 0.15) is 47.7 Å². The quantitative estimate of drug-likeness (QED) is 0.927. The molecule has 2 aromatic rings. The molecule has 1 unspecified atom stereocenters. The standard InChI is InChI=1S/C15H18N2O3/c1-8-6-12(10(3)20-8)14-13(15(18)19)7-17(16-14)9(2)11-4-5-11/h6-7,9,11H,4-5H2,1-3H3,(H,18,19). The first kappa shape index (κ1) is 13.0. The molecule has 5 heteroatoms. The normalized spacial score (nSPS) is 16.4. The van der Waals surface area contributed by atoms with Crippen LogP contribution >= 0.6 is 0 Å². The summed E-state index contributed by atoms with van der Waals surface area (Å²) in [5.41, 5.74) is 1.50. The van der Waals surface area contributed by atoms with Crippen molar-refractivity contribution >= 4 is 5.97 Å². The smallest absolute Gasteiger partial charge is 0.339 e. The van der Waals surface area contributed by atoms with E-state index in [2.05, 4.69) is 12.0 Å². The molecule has 106 valence electrons. The lowest BCUT2D eigenvalue weighted by molar-refractivity contribution is 0.0697. The Balaban J connectivity index is 2.08. The average Bonchev–Trinajstić information content (AvgIpc) is 3.04. The van der Waals surface area contributed by atoms with Crippen molar-refractivity contribution in [1.29, 1.82) is 0 Å². The maximum atomic E-state index is 11.5. The van der Waals surface area contributed by atoms with Gasteiger partial charge >= 0.3 is 5.97 Å². The van der Waals surface area contributed by atoms with Gasteiger partial charge < -0.3 is 9.52 Å². The third-order valence-electron chi connectivity index (χ3n) is 3.98. The van der Waals surface area contributed by atoms with Crippen LogP contribution in [0.3, 0.4) is 0 Å². The fourth-order valence-electron chi connectivity index (χ4n) is 2.62. The third-order valence-corrected chi connectivity index (χ3v) is 3.98. The van der Waals surface area contributed by atoms with Gasteiger partial charge in [0, 0.05) is 11.8 Å². The molecule has 2 aromatic heterocycles. The minimum atomic E-state index is -0.951. The minimum absolute atomic E-state index is 0.237. The Labute approximate surface area is 117 Å². The van der Waals surface area contributed by atoms with E-state index in [1.165, 1.54) is 12.8 Å². The van der Waals surface area contributed by atoms with E-state index in [0.29, 0.717) is 17.4 Å². The number of hydrogen-bond donors (Lipinski definition) is 1. The van der Waals surface area contributed by atoms with Crippen LogP contribution in [0.5, 0.6) is 0 Å². The number of nitrogens with zero attached hydrogens (tertiary/aromatic N) is 2. The Hall–Kier alpha value is -2.04. The molecular weight excluding hydrogens is 256 g/mol. The molecule has 1 saturated carbocycles. The van der Waals surface area contributed by atoms with Gasteiger partial charge in [-0.15, -0.1) is 0 Å². The Morgan fingerprint density at radius 2 is 2.20 bits per heavy atom. The molecule has 0 radical (unpaired) electrons. The van der Waals surface area contributed by atoms with Gasteiger partial charge in [0.05, 0.1) is 6.04 Å². The molecule has 0 spiro atoms. The Bertz CT molecular complexity index is 665. The minimum Gasteiger partial charge on any atom is -0.478 e. The number of aryl methyl sites for hydroxylation is 2. The molecule has 0 saturated heterocycles. The van der Waals surface area contributed by atoms with E-state index < -0.39 is 5.97 Å². The van der Waals surface area contributed by atoms with E-state index in [4.69, 9.17) is 4.42 Å². The number of aromatic nitrogens is 2. The number of furan rings is 1. The van der Waals surface area contributed by atoms with E-state index in [9.17, 15) is 9.90 Å². The van der Waals surface area contributed by atoms with Gasteiger partial charge in [-0.2, -0.15) is 5.10 Å². The predicted molar refractivity (Wildman–Crippen MR) is 73.8 cm³/mol. The molecule has 0 amide bonds. The van der Waals surface area contributed by atoms with Crippen molar-refractivity contribution in [1.82, 2.24) is 9.78 Å². The summed E-state index contributed by atoms with van der Waals surface area (Å²) < 4.78 is 7.28. The first-order valence-corrected chi connectivity index (χ1v) is 6.87. The largest absolute Gasteiger partial charge is 0.478 e. The average molecular weight is 274 g/mol. The first-order chi connectivity index (χ1) is 9.47. The van der Waals surface area contributed by atoms with Crippen LogP contribution in [0.4, 0.5) is 0 Å². The molecule has 0 aliphatic heterocycles. The van der Waals surface area contributed by atoms with Gasteiger partial charge in [-0.05, 0) is 45.6 Å². The van der Waals surface area contributed by atoms with Crippen LogP contribution in [-0.2, 0) is 0 Å². The summed E-state index contributed by atoms with van der Waals surface area (Å²) in [5.74, 6) is 1.14. The van der Waals surface area contributed by atoms with Crippen LogP contribution in [0, 0.1) is 19.8 Å². The summed E-state index contributed by atoms with van der Waals surface area (Å²) in [4.78, 5) is 11.5. The lowest BCUT2D eigenvalue weighted by atomic mass is 10.1. The monoisotopic (exact) mass is 274 g/mol. The van der Waals surface area contributed by atoms with E-state index >= 15 is 0 Å². The second kappa shape index (κ2) is 4.51. The summed E-state index contributed by atoms with van der Waals surface area (Å²) >= 11 is 0. The summed E-state index contributed by atoms with van der Waals surface area (Å²) in [6.45, 7) is 5.77. The summed E-state index contributed by atoms with van der Waals surface area (Å²) in [5, 5.41) is 13.9. The SMILES string of the molecule is Cc1cc(-c2nn(C(C)C3CC3)cc2C(=O)O)c(C)o1. The number of hydrogen-bond acceptors (Lipinski definition) is 3. The van der Waals surface area contributed by atoms with Crippen molar-refractivity contribution in [2.45, 2.75) is 39.7 Å². The lowest BCUT2D eigenvalue weighted by Crippen LogP contribution is -2.07. The second-order valence-electron chi connectivity index (χ2n) is 5.58. The molecule has 1 aliphatic rings. The predicted octanol–water partition coefficient (Wildman–Crippen LogP) is 3.43. The molecule has 20 heavy (non-hydrogen) atoms. The fraction of sp³-hybridized carbons (Fsp3) is 0.467. The molecule has 0 aromatic carbocycles. The van der Waals surface area contributed by atoms with Crippen LogP contribution < -0.4 is 0 Å². The van der Waals surface area contributed by atoms with E-state index in [-0.39, 0.29) is 11.6 Å². The zero-order valence-electron chi connectivity index (χ0n) is 11.9. The first-order valence-electron chi connectivity index (χ1n) is 6.87. The Morgan fingerprint density at radius 3 is 2.70 bits per heavy atom. The Kier molecular flexibility index (Phi) is 2.92. The van der Waals surface area contributed by atoms with Gasteiger partial charge in [0.1, 0.15) is 22.8 Å². The third kappa shape index (κ3) is 2.13. The summed E-state index contributed by atoms with van der Waals surface area (Å²) in [6, 6.07) is 2.09. The van der Waals surface area contributed by atoms with Gasteiger partial charge in [0.15, 0.2) is 0 Å². The van der Waals surface area contributed by atoms with E-state index in [1.54, 1.807) is 10.9 Å². The number of carbonyl (C=O) groups is 1. The number of carboxylic acid groups (broad SMARTS) is 1. The highest BCUT2D eigenvalue weighted by Gasteiger charge is 2.31. The molecule has 2 heterocycles. The van der Waals surface area contributed by atoms with Gasteiger partial charge in [-0.25, -0.2) is 4.79 Å². The van der Waals surface area contributed by atoms with Crippen LogP contribution in [0.2, 0.25) is 0 Å². The molecule has 1 aliphatic carbocycles. The molecule has 3 rings (SSSR count). The second-order valence-corrected chi connectivity index (χ2v) is 5.58. The highest BCUT2D eigenvalue weighted by atomic mass is 16.4. The van der Waals surface area contributed by atoms with Crippen molar-refractivity contribution < 1.29 is 14.3 Å². The van der Waals surface area contributed by atoms with E-state index in [1.807, 2.05) is 19.9 Å². The molecular formula is C15H18N2O3. The number of rotatable bonds is 4. The highest BCUT2D eigenvalue weighted by molar-refractivity contribution is 5.94. The summed E-state index contributed by atoms with van der Waals surface area (Å²) in [7, 11) is 0. The van der Waals surface area contributed by atoms with Gasteiger partial charge in [-0.1, -0.05) is 0 Å². The molecule has 5 nitrogen and oxygen atoms in total. The van der Waals surface area contributed by atoms with Crippen molar-refractivity contribution in [3.8, 4) is 11.3 Å². The Morgan fingerprint density at radius 1 is 1.50 bits per heavy atom. The van der Waals surface area contributed by atoms with Crippen molar-refractivity contribution in [3.05, 3.63) is 29.3 Å². The number of aromatic carboxylic acids is 1. The van der Waals surface area contributed by atoms with Crippen LogP contribution in [0.25, 0.3) is 11.3 Å². The summed E-state index contributed by atoms with van der Waals surface area (Å²) in [6.07, 6.45) is 4.04. The molecule has 1 fully saturated rings.